The van der Waals surface area contributed by atoms with Gasteiger partial charge in [0.25, 0.3) is 5.56 Å². The van der Waals surface area contributed by atoms with Gasteiger partial charge in [-0.2, -0.15) is 0 Å². The Kier molecular flexibility index (Phi) is 6.94. The van der Waals surface area contributed by atoms with Crippen molar-refractivity contribution in [2.45, 2.75) is 46.4 Å². The predicted molar refractivity (Wildman–Crippen MR) is 131 cm³/mol. The van der Waals surface area contributed by atoms with E-state index in [1.54, 1.807) is 35.3 Å². The Morgan fingerprint density at radius 2 is 2.00 bits per heavy atom. The lowest BCUT2D eigenvalue weighted by Gasteiger charge is -2.22. The van der Waals surface area contributed by atoms with Crippen molar-refractivity contribution in [3.8, 4) is 17.3 Å². The quantitative estimate of drug-likeness (QED) is 0.537. The summed E-state index contributed by atoms with van der Waals surface area (Å²) in [5, 5.41) is 6.40. The molecule has 1 N–H and O–H groups in total. The van der Waals surface area contributed by atoms with E-state index >= 15 is 0 Å². The van der Waals surface area contributed by atoms with Crippen LogP contribution >= 0.6 is 11.3 Å². The van der Waals surface area contributed by atoms with Gasteiger partial charge >= 0.3 is 0 Å². The van der Waals surface area contributed by atoms with Gasteiger partial charge in [-0.05, 0) is 33.8 Å². The maximum atomic E-state index is 13.6. The van der Waals surface area contributed by atoms with Gasteiger partial charge in [-0.25, -0.2) is 15.0 Å². The topological polar surface area (TPSA) is 94.4 Å². The molecule has 0 spiro atoms. The van der Waals surface area contributed by atoms with Crippen LogP contribution < -0.4 is 20.5 Å². The Morgan fingerprint density at radius 1 is 1.18 bits per heavy atom. The van der Waals surface area contributed by atoms with Crippen LogP contribution in [0.2, 0.25) is 0 Å². The predicted octanol–water partition coefficient (Wildman–Crippen LogP) is 3.11. The van der Waals surface area contributed by atoms with Crippen molar-refractivity contribution in [2.75, 3.05) is 37.0 Å². The van der Waals surface area contributed by atoms with Crippen LogP contribution in [0, 0.1) is 13.8 Å². The maximum Gasteiger partial charge on any atom is 0.277 e. The molecule has 0 unspecified atom stereocenters. The molecule has 9 nitrogen and oxygen atoms in total. The van der Waals surface area contributed by atoms with Crippen LogP contribution in [0.3, 0.4) is 0 Å². The highest BCUT2D eigenvalue weighted by molar-refractivity contribution is 7.13. The lowest BCUT2D eigenvalue weighted by molar-refractivity contribution is 0.0720. The molecular formula is C23H30N6O3S. The Hall–Kier alpha value is -2.98. The molecule has 4 heterocycles. The number of nitrogens with zero attached hydrogens (tertiary/aromatic N) is 5. The summed E-state index contributed by atoms with van der Waals surface area (Å²) in [6.07, 6.45) is 1.75. The monoisotopic (exact) mass is 470 g/mol. The van der Waals surface area contributed by atoms with Crippen LogP contribution in [0.5, 0.6) is 5.88 Å². The molecule has 176 valence electrons. The molecule has 1 fully saturated rings. The average Bonchev–Trinajstić information content (AvgIpc) is 3.47. The molecule has 0 aliphatic carbocycles. The summed E-state index contributed by atoms with van der Waals surface area (Å²) in [7, 11) is 1.58. The number of methoxy groups -OCH3 is 1. The fourth-order valence-electron chi connectivity index (χ4n) is 4.22. The molecule has 1 saturated heterocycles. The molecule has 1 aliphatic heterocycles. The molecule has 3 aromatic rings. The number of nitrogens with one attached hydrogen (secondary N) is 1. The third-order valence-corrected chi connectivity index (χ3v) is 6.68. The largest absolute Gasteiger partial charge is 0.481 e. The normalized spacial score (nSPS) is 18.0. The zero-order chi connectivity index (χ0) is 23.5. The molecular weight excluding hydrogens is 440 g/mol. The van der Waals surface area contributed by atoms with E-state index in [0.29, 0.717) is 42.8 Å². The summed E-state index contributed by atoms with van der Waals surface area (Å²) >= 11 is 1.60. The number of pyridine rings is 1. The molecule has 0 radical (unpaired) electrons. The molecule has 33 heavy (non-hydrogen) atoms. The van der Waals surface area contributed by atoms with Gasteiger partial charge in [0, 0.05) is 49.4 Å². The third-order valence-electron chi connectivity index (χ3n) is 5.84. The molecule has 0 saturated carbocycles. The van der Waals surface area contributed by atoms with Crippen molar-refractivity contribution in [2.24, 2.45) is 0 Å². The van der Waals surface area contributed by atoms with Crippen molar-refractivity contribution < 1.29 is 9.47 Å². The Labute approximate surface area is 197 Å². The molecule has 0 aromatic carbocycles. The first-order valence-corrected chi connectivity index (χ1v) is 12.0. The first kappa shape index (κ1) is 23.2. The van der Waals surface area contributed by atoms with Crippen molar-refractivity contribution in [3.05, 3.63) is 45.5 Å². The van der Waals surface area contributed by atoms with Crippen LogP contribution in [0.4, 0.5) is 10.8 Å². The number of aromatic nitrogens is 4. The second kappa shape index (κ2) is 9.88. The van der Waals surface area contributed by atoms with E-state index in [9.17, 15) is 4.79 Å². The lowest BCUT2D eigenvalue weighted by atomic mass is 10.1. The third kappa shape index (κ3) is 4.58. The minimum Gasteiger partial charge on any atom is -0.481 e. The SMILES string of the molecule is CCO[C@@H]1CN(c2nccs2)C[C@H]1Nc1c(C)nc(-c2ccc(OC)nc2C)n(CC)c1=O. The zero-order valence-corrected chi connectivity index (χ0v) is 20.5. The second-order valence-electron chi connectivity index (χ2n) is 7.90. The first-order valence-electron chi connectivity index (χ1n) is 11.1. The van der Waals surface area contributed by atoms with Crippen molar-refractivity contribution in [3.63, 3.8) is 0 Å². The molecule has 10 heteroatoms. The van der Waals surface area contributed by atoms with Crippen molar-refractivity contribution >= 4 is 22.2 Å². The number of hydrogen-bond acceptors (Lipinski definition) is 9. The van der Waals surface area contributed by atoms with E-state index in [-0.39, 0.29) is 17.7 Å². The van der Waals surface area contributed by atoms with E-state index in [4.69, 9.17) is 14.5 Å². The van der Waals surface area contributed by atoms with E-state index in [1.807, 2.05) is 39.1 Å². The van der Waals surface area contributed by atoms with Gasteiger partial charge < -0.3 is 19.7 Å². The summed E-state index contributed by atoms with van der Waals surface area (Å²) in [6.45, 7) is 10.2. The van der Waals surface area contributed by atoms with Gasteiger partial charge in [-0.1, -0.05) is 0 Å². The summed E-state index contributed by atoms with van der Waals surface area (Å²) in [4.78, 5) is 29.5. The number of anilines is 2. The molecule has 3 aromatic heterocycles. The highest BCUT2D eigenvalue weighted by Crippen LogP contribution is 2.27. The second-order valence-corrected chi connectivity index (χ2v) is 8.77. The molecule has 1 aliphatic rings. The Morgan fingerprint density at radius 3 is 2.64 bits per heavy atom. The van der Waals surface area contributed by atoms with Crippen LogP contribution in [-0.2, 0) is 11.3 Å². The number of ether oxygens (including phenoxy) is 2. The highest BCUT2D eigenvalue weighted by Gasteiger charge is 2.35. The number of hydrogen-bond donors (Lipinski definition) is 1. The number of aryl methyl sites for hydroxylation is 2. The Balaban J connectivity index is 1.68. The molecule has 2 atom stereocenters. The number of rotatable bonds is 8. The van der Waals surface area contributed by atoms with Crippen LogP contribution in [0.15, 0.2) is 28.5 Å². The fraction of sp³-hybridized carbons (Fsp3) is 0.478. The summed E-state index contributed by atoms with van der Waals surface area (Å²) < 4.78 is 12.9. The van der Waals surface area contributed by atoms with Gasteiger partial charge in [0.1, 0.15) is 11.5 Å². The van der Waals surface area contributed by atoms with E-state index in [1.165, 1.54) is 0 Å². The van der Waals surface area contributed by atoms with Crippen LogP contribution in [0.1, 0.15) is 25.2 Å². The standard InChI is InChI=1S/C23H30N6O3S/c1-6-29-21(16-8-9-19(31-5)25-14(16)3)26-15(4)20(22(29)30)27-17-12-28(13-18(17)32-7-2)23-24-10-11-33-23/h8-11,17-18,27H,6-7,12-13H2,1-5H3/t17-,18-/m1/s1. The maximum absolute atomic E-state index is 13.6. The van der Waals surface area contributed by atoms with Crippen molar-refractivity contribution in [1.29, 1.82) is 0 Å². The zero-order valence-electron chi connectivity index (χ0n) is 19.7. The van der Waals surface area contributed by atoms with Gasteiger partial charge in [0.15, 0.2) is 5.13 Å². The summed E-state index contributed by atoms with van der Waals surface area (Å²) in [5.74, 6) is 1.14. The van der Waals surface area contributed by atoms with E-state index < -0.39 is 0 Å². The van der Waals surface area contributed by atoms with Crippen LogP contribution in [-0.4, -0.2) is 58.5 Å². The van der Waals surface area contributed by atoms with Crippen molar-refractivity contribution in [1.82, 2.24) is 19.5 Å². The highest BCUT2D eigenvalue weighted by atomic mass is 32.1. The van der Waals surface area contributed by atoms with Gasteiger partial charge in [0.05, 0.1) is 30.6 Å². The fourth-order valence-corrected chi connectivity index (χ4v) is 4.89. The van der Waals surface area contributed by atoms with E-state index in [0.717, 1.165) is 22.9 Å². The molecule has 0 amide bonds. The summed E-state index contributed by atoms with van der Waals surface area (Å²) in [6, 6.07) is 3.63. The summed E-state index contributed by atoms with van der Waals surface area (Å²) in [5.41, 5.74) is 2.63. The first-order chi connectivity index (χ1) is 16.0. The smallest absolute Gasteiger partial charge is 0.277 e. The Bertz CT molecular complexity index is 1160. The average molecular weight is 471 g/mol. The minimum atomic E-state index is -0.0989. The van der Waals surface area contributed by atoms with Gasteiger partial charge in [-0.3, -0.25) is 9.36 Å². The molecule has 4 rings (SSSR count). The van der Waals surface area contributed by atoms with Crippen LogP contribution in [0.25, 0.3) is 11.4 Å². The lowest BCUT2D eigenvalue weighted by Crippen LogP contribution is -2.38. The van der Waals surface area contributed by atoms with Gasteiger partial charge in [0.2, 0.25) is 5.88 Å². The molecule has 0 bridgehead atoms. The minimum absolute atomic E-state index is 0.0532. The number of thiazole rings is 1. The van der Waals surface area contributed by atoms with E-state index in [2.05, 4.69) is 20.2 Å². The van der Waals surface area contributed by atoms with Gasteiger partial charge in [-0.15, -0.1) is 11.3 Å².